The molecule has 0 radical (unpaired) electrons. The first kappa shape index (κ1) is 27.4. The minimum absolute atomic E-state index is 0.0211. The van der Waals surface area contributed by atoms with Gasteiger partial charge >= 0.3 is 5.97 Å². The van der Waals surface area contributed by atoms with Gasteiger partial charge < -0.3 is 25.1 Å². The number of hydrogen-bond donors (Lipinski definition) is 2. The number of rotatable bonds is 10. The number of nitrogens with zero attached hydrogens (tertiary/aromatic N) is 3. The summed E-state index contributed by atoms with van der Waals surface area (Å²) >= 11 is 7.99. The Hall–Kier alpha value is -3.16. The van der Waals surface area contributed by atoms with E-state index in [2.05, 4.69) is 15.5 Å². The molecular formula is C22H23ClFN5O5S2. The van der Waals surface area contributed by atoms with Crippen molar-refractivity contribution in [2.45, 2.75) is 38.6 Å². The molecule has 36 heavy (non-hydrogen) atoms. The summed E-state index contributed by atoms with van der Waals surface area (Å²) in [6.07, 6.45) is -0.388. The van der Waals surface area contributed by atoms with Gasteiger partial charge in [0.05, 0.1) is 27.3 Å². The summed E-state index contributed by atoms with van der Waals surface area (Å²) in [6, 6.07) is 3.78. The molecule has 2 heterocycles. The van der Waals surface area contributed by atoms with E-state index in [1.54, 1.807) is 32.4 Å². The molecule has 0 aliphatic rings. The summed E-state index contributed by atoms with van der Waals surface area (Å²) in [7, 11) is 1.70. The van der Waals surface area contributed by atoms with E-state index >= 15 is 0 Å². The van der Waals surface area contributed by atoms with Gasteiger partial charge in [0.25, 0.3) is 5.91 Å². The summed E-state index contributed by atoms with van der Waals surface area (Å²) in [5.41, 5.74) is 5.85. The van der Waals surface area contributed by atoms with Crippen LogP contribution < -0.4 is 15.8 Å². The number of thiophene rings is 1. The largest absolute Gasteiger partial charge is 0.484 e. The number of benzene rings is 1. The highest BCUT2D eigenvalue weighted by atomic mass is 35.5. The molecule has 0 spiro atoms. The number of nitrogens with two attached hydrogens (primary N) is 1. The van der Waals surface area contributed by atoms with Crippen LogP contribution in [-0.4, -0.2) is 44.4 Å². The van der Waals surface area contributed by atoms with Crippen LogP contribution in [0.2, 0.25) is 5.02 Å². The summed E-state index contributed by atoms with van der Waals surface area (Å²) in [5.74, 6) is -1.58. The number of carbonyl (C=O) groups excluding carboxylic acids is 3. The van der Waals surface area contributed by atoms with E-state index in [1.165, 1.54) is 12.1 Å². The van der Waals surface area contributed by atoms with Crippen molar-refractivity contribution in [3.05, 3.63) is 50.9 Å². The maximum atomic E-state index is 13.2. The van der Waals surface area contributed by atoms with Crippen LogP contribution in [0.3, 0.4) is 0 Å². The number of carbonyl (C=O) groups is 3. The van der Waals surface area contributed by atoms with Gasteiger partial charge in [0, 0.05) is 7.05 Å². The fraction of sp³-hybridized carbons (Fsp3) is 0.318. The minimum atomic E-state index is -0.707. The SMILES string of the molecule is Cc1c(C(N)=O)sc(NC(=O)CSc2nnc(COc3ccc(F)cc3Cl)n2C)c1C(=O)OC(C)C. The van der Waals surface area contributed by atoms with Gasteiger partial charge in [-0.25, -0.2) is 9.18 Å². The van der Waals surface area contributed by atoms with Crippen LogP contribution in [0, 0.1) is 12.7 Å². The van der Waals surface area contributed by atoms with Crippen LogP contribution in [0.4, 0.5) is 9.39 Å². The molecule has 0 fully saturated rings. The van der Waals surface area contributed by atoms with Gasteiger partial charge in [-0.1, -0.05) is 23.4 Å². The number of ether oxygens (including phenoxy) is 2. The lowest BCUT2D eigenvalue weighted by molar-refractivity contribution is -0.113. The Labute approximate surface area is 219 Å². The first-order chi connectivity index (χ1) is 17.0. The zero-order valence-corrected chi connectivity index (χ0v) is 22.1. The highest BCUT2D eigenvalue weighted by Crippen LogP contribution is 2.34. The van der Waals surface area contributed by atoms with Gasteiger partial charge in [-0.3, -0.25) is 9.59 Å². The number of hydrogen-bond acceptors (Lipinski definition) is 9. The molecule has 3 N–H and O–H groups in total. The predicted octanol–water partition coefficient (Wildman–Crippen LogP) is 3.95. The molecule has 0 saturated heterocycles. The van der Waals surface area contributed by atoms with Crippen LogP contribution >= 0.6 is 34.7 Å². The van der Waals surface area contributed by atoms with E-state index in [9.17, 15) is 18.8 Å². The third-order valence-corrected chi connectivity index (χ3v) is 7.22. The van der Waals surface area contributed by atoms with Crippen molar-refractivity contribution in [3.8, 4) is 5.75 Å². The normalized spacial score (nSPS) is 11.0. The van der Waals surface area contributed by atoms with E-state index in [-0.39, 0.29) is 38.9 Å². The Morgan fingerprint density at radius 1 is 1.31 bits per heavy atom. The van der Waals surface area contributed by atoms with Gasteiger partial charge in [0.15, 0.2) is 11.0 Å². The first-order valence-electron chi connectivity index (χ1n) is 10.5. The van der Waals surface area contributed by atoms with Crippen LogP contribution in [0.15, 0.2) is 23.4 Å². The molecule has 10 nitrogen and oxygen atoms in total. The maximum absolute atomic E-state index is 13.2. The molecule has 2 aromatic heterocycles. The Balaban J connectivity index is 1.65. The Morgan fingerprint density at radius 2 is 2.03 bits per heavy atom. The lowest BCUT2D eigenvalue weighted by atomic mass is 10.1. The lowest BCUT2D eigenvalue weighted by Gasteiger charge is -2.10. The van der Waals surface area contributed by atoms with Crippen molar-refractivity contribution in [1.29, 1.82) is 0 Å². The number of aromatic nitrogens is 3. The van der Waals surface area contributed by atoms with Crippen LogP contribution in [-0.2, 0) is 23.2 Å². The van der Waals surface area contributed by atoms with Crippen molar-refractivity contribution >= 4 is 57.5 Å². The van der Waals surface area contributed by atoms with Gasteiger partial charge in [-0.15, -0.1) is 21.5 Å². The van der Waals surface area contributed by atoms with E-state index in [1.807, 2.05) is 0 Å². The maximum Gasteiger partial charge on any atom is 0.341 e. The fourth-order valence-electron chi connectivity index (χ4n) is 2.98. The summed E-state index contributed by atoms with van der Waals surface area (Å²) in [6.45, 7) is 4.98. The highest BCUT2D eigenvalue weighted by Gasteiger charge is 2.26. The van der Waals surface area contributed by atoms with Crippen molar-refractivity contribution in [1.82, 2.24) is 14.8 Å². The van der Waals surface area contributed by atoms with Crippen molar-refractivity contribution < 1.29 is 28.2 Å². The van der Waals surface area contributed by atoms with E-state index in [4.69, 9.17) is 26.8 Å². The zero-order valence-electron chi connectivity index (χ0n) is 19.8. The van der Waals surface area contributed by atoms with Crippen molar-refractivity contribution in [2.24, 2.45) is 12.8 Å². The van der Waals surface area contributed by atoms with Gasteiger partial charge in [0.1, 0.15) is 23.2 Å². The topological polar surface area (TPSA) is 138 Å². The minimum Gasteiger partial charge on any atom is -0.484 e. The van der Waals surface area contributed by atoms with Gasteiger partial charge in [0.2, 0.25) is 5.91 Å². The molecule has 0 unspecified atom stereocenters. The van der Waals surface area contributed by atoms with Crippen molar-refractivity contribution in [2.75, 3.05) is 11.1 Å². The average Bonchev–Trinajstić information content (AvgIpc) is 3.30. The van der Waals surface area contributed by atoms with Crippen LogP contribution in [0.1, 0.15) is 45.3 Å². The van der Waals surface area contributed by atoms with E-state index < -0.39 is 23.6 Å². The quantitative estimate of drug-likeness (QED) is 0.283. The number of nitrogens with one attached hydrogen (secondary N) is 1. The Morgan fingerprint density at radius 3 is 2.67 bits per heavy atom. The standard InChI is InChI=1S/C22H23ClFN5O5S2/c1-10(2)34-21(32)17-11(3)18(19(25)31)36-20(17)26-16(30)9-35-22-28-27-15(29(22)4)8-33-14-6-5-12(24)7-13(14)23/h5-7,10H,8-9H2,1-4H3,(H2,25,31)(H,26,30). The second-order valence-corrected chi connectivity index (χ2v) is 10.1. The summed E-state index contributed by atoms with van der Waals surface area (Å²) in [5, 5.41) is 11.5. The summed E-state index contributed by atoms with van der Waals surface area (Å²) in [4.78, 5) is 37.1. The molecule has 0 aliphatic carbocycles. The van der Waals surface area contributed by atoms with Crippen molar-refractivity contribution in [3.63, 3.8) is 0 Å². The second-order valence-electron chi connectivity index (χ2n) is 7.74. The molecule has 3 aromatic rings. The number of anilines is 1. The molecule has 2 amide bonds. The number of esters is 1. The summed E-state index contributed by atoms with van der Waals surface area (Å²) < 4.78 is 25.7. The number of thioether (sulfide) groups is 1. The first-order valence-corrected chi connectivity index (χ1v) is 12.7. The highest BCUT2D eigenvalue weighted by molar-refractivity contribution is 7.99. The molecule has 1 aromatic carbocycles. The average molecular weight is 556 g/mol. The lowest BCUT2D eigenvalue weighted by Crippen LogP contribution is -2.18. The Bertz CT molecular complexity index is 1310. The fourth-order valence-corrected chi connectivity index (χ4v) is 4.99. The molecule has 3 rings (SSSR count). The van der Waals surface area contributed by atoms with Gasteiger partial charge in [-0.05, 0) is 44.5 Å². The second kappa shape index (κ2) is 11.7. The Kier molecular flexibility index (Phi) is 8.93. The van der Waals surface area contributed by atoms with E-state index in [0.29, 0.717) is 22.3 Å². The third-order valence-electron chi connectivity index (χ3n) is 4.68. The van der Waals surface area contributed by atoms with Crippen LogP contribution in [0.25, 0.3) is 0 Å². The molecule has 0 bridgehead atoms. The van der Waals surface area contributed by atoms with E-state index in [0.717, 1.165) is 29.2 Å². The number of primary amides is 1. The number of amides is 2. The molecular weight excluding hydrogens is 533 g/mol. The molecule has 0 atom stereocenters. The van der Waals surface area contributed by atoms with Gasteiger partial charge in [-0.2, -0.15) is 0 Å². The van der Waals surface area contributed by atoms with Crippen LogP contribution in [0.5, 0.6) is 5.75 Å². The predicted molar refractivity (Wildman–Crippen MR) is 134 cm³/mol. The number of halogens is 2. The monoisotopic (exact) mass is 555 g/mol. The third kappa shape index (κ3) is 6.53. The molecule has 14 heteroatoms. The smallest absolute Gasteiger partial charge is 0.341 e. The molecule has 192 valence electrons. The molecule has 0 saturated carbocycles. The molecule has 0 aliphatic heterocycles. The zero-order chi connectivity index (χ0) is 26.6.